The highest BCUT2D eigenvalue weighted by molar-refractivity contribution is 5.73. The lowest BCUT2D eigenvalue weighted by Gasteiger charge is -2.04. The zero-order chi connectivity index (χ0) is 8.97. The number of hydrogen-bond donors (Lipinski definition) is 1. The van der Waals surface area contributed by atoms with E-state index in [2.05, 4.69) is 26.0 Å². The minimum atomic E-state index is 0.861. The minimum absolute atomic E-state index is 0.861. The molecule has 1 heteroatoms. The van der Waals surface area contributed by atoms with E-state index in [1.54, 1.807) is 0 Å². The summed E-state index contributed by atoms with van der Waals surface area (Å²) in [6.45, 7) is 4.22. The van der Waals surface area contributed by atoms with Crippen molar-refractivity contribution in [1.82, 2.24) is 0 Å². The topological polar surface area (TPSA) is 26.0 Å². The molecule has 0 spiro atoms. The van der Waals surface area contributed by atoms with Crippen LogP contribution in [-0.4, -0.2) is 0 Å². The van der Waals surface area contributed by atoms with Crippen molar-refractivity contribution in [3.8, 4) is 0 Å². The van der Waals surface area contributed by atoms with Gasteiger partial charge in [0.05, 0.1) is 0 Å². The Morgan fingerprint density at radius 1 is 1.42 bits per heavy atom. The van der Waals surface area contributed by atoms with Crippen LogP contribution in [-0.2, 0) is 0 Å². The standard InChI is InChI=1S/C11H15N/c1-3-6-9(2)10-7-4-5-8-11(10)12/h4-8H,3,12H2,1-2H3/b9-6+. The second kappa shape index (κ2) is 3.96. The summed E-state index contributed by atoms with van der Waals surface area (Å²) in [7, 11) is 0. The van der Waals surface area contributed by atoms with Gasteiger partial charge in [-0.2, -0.15) is 0 Å². The molecule has 0 aliphatic rings. The molecule has 0 aromatic heterocycles. The van der Waals surface area contributed by atoms with Crippen LogP contribution in [0.3, 0.4) is 0 Å². The first-order valence-corrected chi connectivity index (χ1v) is 4.27. The Hall–Kier alpha value is -1.24. The number of allylic oxidation sites excluding steroid dienone is 2. The lowest BCUT2D eigenvalue weighted by Crippen LogP contribution is -1.90. The number of rotatable bonds is 2. The van der Waals surface area contributed by atoms with Gasteiger partial charge in [0.1, 0.15) is 0 Å². The Balaban J connectivity index is 3.02. The third-order valence-electron chi connectivity index (χ3n) is 1.90. The SMILES string of the molecule is CC/C=C(\C)c1ccccc1N. The van der Waals surface area contributed by atoms with Crippen LogP contribution >= 0.6 is 0 Å². The molecule has 0 radical (unpaired) electrons. The van der Waals surface area contributed by atoms with E-state index in [1.165, 1.54) is 5.57 Å². The average molecular weight is 161 g/mol. The Morgan fingerprint density at radius 2 is 2.08 bits per heavy atom. The monoisotopic (exact) mass is 161 g/mol. The number of nitrogen functional groups attached to an aromatic ring is 1. The summed E-state index contributed by atoms with van der Waals surface area (Å²) in [5.41, 5.74) is 9.08. The molecule has 64 valence electrons. The maximum absolute atomic E-state index is 5.81. The predicted molar refractivity (Wildman–Crippen MR) is 54.8 cm³/mol. The molecule has 0 unspecified atom stereocenters. The number of nitrogens with two attached hydrogens (primary N) is 1. The third-order valence-corrected chi connectivity index (χ3v) is 1.90. The van der Waals surface area contributed by atoms with Gasteiger partial charge in [0.25, 0.3) is 0 Å². The van der Waals surface area contributed by atoms with Crippen LogP contribution in [0.15, 0.2) is 30.3 Å². The smallest absolute Gasteiger partial charge is 0.0390 e. The van der Waals surface area contributed by atoms with E-state index in [4.69, 9.17) is 5.73 Å². The predicted octanol–water partition coefficient (Wildman–Crippen LogP) is 3.08. The summed E-state index contributed by atoms with van der Waals surface area (Å²) < 4.78 is 0. The van der Waals surface area contributed by atoms with Crippen molar-refractivity contribution in [3.05, 3.63) is 35.9 Å². The molecule has 0 bridgehead atoms. The summed E-state index contributed by atoms with van der Waals surface area (Å²) in [6, 6.07) is 7.95. The van der Waals surface area contributed by atoms with E-state index < -0.39 is 0 Å². The fraction of sp³-hybridized carbons (Fsp3) is 0.273. The van der Waals surface area contributed by atoms with Crippen molar-refractivity contribution >= 4 is 11.3 Å². The first kappa shape index (κ1) is 8.85. The first-order chi connectivity index (χ1) is 5.75. The molecular weight excluding hydrogens is 146 g/mol. The molecule has 1 aromatic rings. The van der Waals surface area contributed by atoms with Crippen molar-refractivity contribution in [3.63, 3.8) is 0 Å². The van der Waals surface area contributed by atoms with Crippen molar-refractivity contribution < 1.29 is 0 Å². The first-order valence-electron chi connectivity index (χ1n) is 4.27. The number of anilines is 1. The normalized spacial score (nSPS) is 11.7. The molecule has 0 saturated heterocycles. The molecule has 2 N–H and O–H groups in total. The van der Waals surface area contributed by atoms with Gasteiger partial charge in [-0.05, 0) is 30.5 Å². The maximum Gasteiger partial charge on any atom is 0.0390 e. The third kappa shape index (κ3) is 1.88. The van der Waals surface area contributed by atoms with Crippen LogP contribution < -0.4 is 5.73 Å². The molecule has 0 aliphatic heterocycles. The molecule has 1 rings (SSSR count). The molecule has 0 amide bonds. The Labute approximate surface area is 73.9 Å². The molecule has 12 heavy (non-hydrogen) atoms. The van der Waals surface area contributed by atoms with Crippen LogP contribution in [0.1, 0.15) is 25.8 Å². The van der Waals surface area contributed by atoms with Gasteiger partial charge >= 0.3 is 0 Å². The minimum Gasteiger partial charge on any atom is -0.398 e. The summed E-state index contributed by atoms with van der Waals surface area (Å²) in [4.78, 5) is 0. The van der Waals surface area contributed by atoms with Gasteiger partial charge in [-0.1, -0.05) is 31.2 Å². The molecule has 0 fully saturated rings. The molecule has 0 heterocycles. The number of hydrogen-bond acceptors (Lipinski definition) is 1. The Kier molecular flexibility index (Phi) is 2.92. The summed E-state index contributed by atoms with van der Waals surface area (Å²) in [5, 5.41) is 0. The van der Waals surface area contributed by atoms with E-state index in [9.17, 15) is 0 Å². The number of para-hydroxylation sites is 1. The van der Waals surface area contributed by atoms with Gasteiger partial charge in [0.15, 0.2) is 0 Å². The quantitative estimate of drug-likeness (QED) is 0.663. The van der Waals surface area contributed by atoms with E-state index in [0.717, 1.165) is 17.7 Å². The molecule has 0 saturated carbocycles. The molecule has 0 atom stereocenters. The average Bonchev–Trinajstić information content (AvgIpc) is 2.05. The van der Waals surface area contributed by atoms with Gasteiger partial charge in [-0.15, -0.1) is 0 Å². The highest BCUT2D eigenvalue weighted by Crippen LogP contribution is 2.20. The van der Waals surface area contributed by atoms with Gasteiger partial charge < -0.3 is 5.73 Å². The molecular formula is C11H15N. The van der Waals surface area contributed by atoms with Crippen molar-refractivity contribution in [2.45, 2.75) is 20.3 Å². The zero-order valence-corrected chi connectivity index (χ0v) is 7.67. The van der Waals surface area contributed by atoms with Gasteiger partial charge in [0.2, 0.25) is 0 Å². The van der Waals surface area contributed by atoms with E-state index in [1.807, 2.05) is 18.2 Å². The highest BCUT2D eigenvalue weighted by Gasteiger charge is 1.97. The second-order valence-electron chi connectivity index (χ2n) is 2.88. The zero-order valence-electron chi connectivity index (χ0n) is 7.67. The molecule has 0 aliphatic carbocycles. The number of benzene rings is 1. The highest BCUT2D eigenvalue weighted by atomic mass is 14.6. The van der Waals surface area contributed by atoms with Gasteiger partial charge in [-0.25, -0.2) is 0 Å². The summed E-state index contributed by atoms with van der Waals surface area (Å²) in [5.74, 6) is 0. The van der Waals surface area contributed by atoms with Crippen LogP contribution in [0, 0.1) is 0 Å². The summed E-state index contributed by atoms with van der Waals surface area (Å²) in [6.07, 6.45) is 3.24. The molecule has 1 nitrogen and oxygen atoms in total. The van der Waals surface area contributed by atoms with E-state index in [-0.39, 0.29) is 0 Å². The Bertz CT molecular complexity index is 287. The Morgan fingerprint density at radius 3 is 2.67 bits per heavy atom. The van der Waals surface area contributed by atoms with Crippen molar-refractivity contribution in [1.29, 1.82) is 0 Å². The van der Waals surface area contributed by atoms with Crippen LogP contribution in [0.4, 0.5) is 5.69 Å². The maximum atomic E-state index is 5.81. The van der Waals surface area contributed by atoms with Gasteiger partial charge in [-0.3, -0.25) is 0 Å². The largest absolute Gasteiger partial charge is 0.398 e. The lowest BCUT2D eigenvalue weighted by molar-refractivity contribution is 1.22. The van der Waals surface area contributed by atoms with Crippen LogP contribution in [0.2, 0.25) is 0 Å². The lowest BCUT2D eigenvalue weighted by atomic mass is 10.0. The fourth-order valence-corrected chi connectivity index (χ4v) is 1.27. The summed E-state index contributed by atoms with van der Waals surface area (Å²) >= 11 is 0. The van der Waals surface area contributed by atoms with E-state index >= 15 is 0 Å². The van der Waals surface area contributed by atoms with Gasteiger partial charge in [0, 0.05) is 5.69 Å². The van der Waals surface area contributed by atoms with Crippen molar-refractivity contribution in [2.24, 2.45) is 0 Å². The van der Waals surface area contributed by atoms with Crippen LogP contribution in [0.25, 0.3) is 5.57 Å². The molecule has 1 aromatic carbocycles. The van der Waals surface area contributed by atoms with Crippen LogP contribution in [0.5, 0.6) is 0 Å². The second-order valence-corrected chi connectivity index (χ2v) is 2.88. The van der Waals surface area contributed by atoms with Crippen molar-refractivity contribution in [2.75, 3.05) is 5.73 Å². The fourth-order valence-electron chi connectivity index (χ4n) is 1.27. The van der Waals surface area contributed by atoms with E-state index in [0.29, 0.717) is 0 Å².